The van der Waals surface area contributed by atoms with Gasteiger partial charge in [-0.05, 0) is 55.1 Å². The van der Waals surface area contributed by atoms with Crippen molar-refractivity contribution >= 4 is 18.4 Å². The van der Waals surface area contributed by atoms with E-state index in [2.05, 4.69) is 10.2 Å². The van der Waals surface area contributed by atoms with Gasteiger partial charge in [0.15, 0.2) is 23.0 Å². The van der Waals surface area contributed by atoms with Crippen molar-refractivity contribution in [2.24, 2.45) is 11.8 Å². The molecule has 2 aromatic carbocycles. The summed E-state index contributed by atoms with van der Waals surface area (Å²) in [5, 5.41) is 14.1. The lowest BCUT2D eigenvalue weighted by atomic mass is 9.65. The number of likely N-dealkylation sites (N-methyl/N-ethyl adjacent to an activating group) is 1. The fourth-order valence-corrected chi connectivity index (χ4v) is 5.36. The molecule has 2 aliphatic heterocycles. The SMILES string of the molecule is COc1cc([C@@H]2c3cc4c(cc3[C@@H](NCCN(C)C)[C@H]3COC(=O)[C@H]23)OCO4)cc(OC)c1O.Cl. The number of halogens is 1. The van der Waals surface area contributed by atoms with Crippen molar-refractivity contribution in [1.82, 2.24) is 10.2 Å². The molecule has 10 heteroatoms. The number of benzene rings is 2. The zero-order valence-corrected chi connectivity index (χ0v) is 21.0. The molecule has 0 radical (unpaired) electrons. The molecular formula is C25H31ClN2O7. The minimum absolute atomic E-state index is 0. The number of nitrogens with one attached hydrogen (secondary N) is 1. The van der Waals surface area contributed by atoms with Crippen LogP contribution < -0.4 is 24.3 Å². The molecule has 2 N–H and O–H groups in total. The summed E-state index contributed by atoms with van der Waals surface area (Å²) in [6.07, 6.45) is 0. The van der Waals surface area contributed by atoms with Crippen LogP contribution in [0, 0.1) is 11.8 Å². The van der Waals surface area contributed by atoms with Crippen LogP contribution in [0.15, 0.2) is 24.3 Å². The molecule has 190 valence electrons. The Morgan fingerprint density at radius 1 is 1.03 bits per heavy atom. The highest BCUT2D eigenvalue weighted by Crippen LogP contribution is 2.55. The summed E-state index contributed by atoms with van der Waals surface area (Å²) in [6.45, 7) is 2.12. The summed E-state index contributed by atoms with van der Waals surface area (Å²) in [4.78, 5) is 15.2. The number of carbonyl (C=O) groups is 1. The van der Waals surface area contributed by atoms with Gasteiger partial charge >= 0.3 is 5.97 Å². The third-order valence-corrected chi connectivity index (χ3v) is 6.97. The van der Waals surface area contributed by atoms with E-state index in [1.807, 2.05) is 26.2 Å². The van der Waals surface area contributed by atoms with Crippen LogP contribution in [0.3, 0.4) is 0 Å². The van der Waals surface area contributed by atoms with Crippen LogP contribution in [0.25, 0.3) is 0 Å². The Bertz CT molecular complexity index is 1080. The van der Waals surface area contributed by atoms with E-state index >= 15 is 0 Å². The maximum Gasteiger partial charge on any atom is 0.310 e. The molecule has 0 aromatic heterocycles. The molecule has 4 atom stereocenters. The highest BCUT2D eigenvalue weighted by atomic mass is 35.5. The average Bonchev–Trinajstić information content (AvgIpc) is 3.44. The molecule has 0 spiro atoms. The summed E-state index contributed by atoms with van der Waals surface area (Å²) >= 11 is 0. The Labute approximate surface area is 210 Å². The Hall–Kier alpha value is -2.88. The summed E-state index contributed by atoms with van der Waals surface area (Å²) in [5.74, 6) is 0.783. The quantitative estimate of drug-likeness (QED) is 0.549. The normalized spacial score (nSPS) is 23.9. The van der Waals surface area contributed by atoms with Gasteiger partial charge < -0.3 is 39.0 Å². The van der Waals surface area contributed by atoms with E-state index in [1.165, 1.54) is 14.2 Å². The third-order valence-electron chi connectivity index (χ3n) is 6.97. The van der Waals surface area contributed by atoms with Gasteiger partial charge in [0.1, 0.15) is 0 Å². The first-order valence-corrected chi connectivity index (χ1v) is 11.4. The topological polar surface area (TPSA) is 98.7 Å². The highest BCUT2D eigenvalue weighted by molar-refractivity contribution is 5.85. The van der Waals surface area contributed by atoms with Gasteiger partial charge in [-0.2, -0.15) is 0 Å². The van der Waals surface area contributed by atoms with Gasteiger partial charge in [-0.25, -0.2) is 0 Å². The molecule has 5 rings (SSSR count). The smallest absolute Gasteiger partial charge is 0.310 e. The van der Waals surface area contributed by atoms with Gasteiger partial charge in [0, 0.05) is 31.0 Å². The first-order valence-electron chi connectivity index (χ1n) is 11.4. The highest BCUT2D eigenvalue weighted by Gasteiger charge is 2.52. The molecule has 1 aliphatic carbocycles. The Morgan fingerprint density at radius 3 is 2.26 bits per heavy atom. The Balaban J connectivity index is 0.00000289. The van der Waals surface area contributed by atoms with Crippen molar-refractivity contribution in [3.63, 3.8) is 0 Å². The first-order chi connectivity index (χ1) is 16.4. The van der Waals surface area contributed by atoms with E-state index in [1.54, 1.807) is 12.1 Å². The molecule has 2 aromatic rings. The molecule has 9 nitrogen and oxygen atoms in total. The minimum atomic E-state index is -0.413. The molecule has 0 bridgehead atoms. The average molecular weight is 507 g/mol. The molecular weight excluding hydrogens is 476 g/mol. The number of rotatable bonds is 7. The number of phenols is 1. The van der Waals surface area contributed by atoms with Crippen molar-refractivity contribution in [3.05, 3.63) is 41.0 Å². The molecule has 0 amide bonds. The number of phenolic OH excluding ortho intramolecular Hbond substituents is 1. The molecule has 1 fully saturated rings. The van der Waals surface area contributed by atoms with E-state index in [-0.39, 0.29) is 60.3 Å². The van der Waals surface area contributed by atoms with E-state index in [9.17, 15) is 9.90 Å². The van der Waals surface area contributed by atoms with Gasteiger partial charge in [-0.15, -0.1) is 12.4 Å². The fraction of sp³-hybridized carbons (Fsp3) is 0.480. The van der Waals surface area contributed by atoms with Crippen LogP contribution in [0.5, 0.6) is 28.7 Å². The number of carbonyl (C=O) groups excluding carboxylic acids is 1. The predicted molar refractivity (Wildman–Crippen MR) is 130 cm³/mol. The van der Waals surface area contributed by atoms with E-state index in [4.69, 9.17) is 23.7 Å². The molecule has 3 aliphatic rings. The summed E-state index contributed by atoms with van der Waals surface area (Å²) in [5.41, 5.74) is 2.81. The molecule has 0 saturated carbocycles. The predicted octanol–water partition coefficient (Wildman–Crippen LogP) is 2.69. The number of cyclic esters (lactones) is 1. The van der Waals surface area contributed by atoms with Gasteiger partial charge in [-0.1, -0.05) is 0 Å². The lowest BCUT2D eigenvalue weighted by molar-refractivity contribution is -0.141. The van der Waals surface area contributed by atoms with E-state index < -0.39 is 5.92 Å². The van der Waals surface area contributed by atoms with Crippen molar-refractivity contribution < 1.29 is 33.6 Å². The number of methoxy groups -OCH3 is 2. The van der Waals surface area contributed by atoms with Crippen molar-refractivity contribution in [2.75, 3.05) is 54.8 Å². The molecule has 2 heterocycles. The van der Waals surface area contributed by atoms with Crippen LogP contribution in [0.1, 0.15) is 28.7 Å². The lowest BCUT2D eigenvalue weighted by Crippen LogP contribution is -2.42. The van der Waals surface area contributed by atoms with Crippen LogP contribution in [0.4, 0.5) is 0 Å². The zero-order valence-electron chi connectivity index (χ0n) is 20.2. The number of aromatic hydroxyl groups is 1. The van der Waals surface area contributed by atoms with Crippen molar-refractivity contribution in [3.8, 4) is 28.7 Å². The van der Waals surface area contributed by atoms with Crippen LogP contribution >= 0.6 is 12.4 Å². The van der Waals surface area contributed by atoms with Gasteiger partial charge in [0.2, 0.25) is 12.5 Å². The number of fused-ring (bicyclic) bond motifs is 3. The fourth-order valence-electron chi connectivity index (χ4n) is 5.36. The zero-order chi connectivity index (χ0) is 24.0. The number of ether oxygens (including phenoxy) is 5. The number of hydrogen-bond donors (Lipinski definition) is 2. The third kappa shape index (κ3) is 4.32. The van der Waals surface area contributed by atoms with Crippen molar-refractivity contribution in [1.29, 1.82) is 0 Å². The summed E-state index contributed by atoms with van der Waals surface area (Å²) in [6, 6.07) is 7.43. The standard InChI is InChI=1S/C25H30N2O7.ClH/c1-27(2)6-5-26-23-15-10-18-17(33-12-34-18)9-14(15)21(22-16(23)11-32-25(22)29)13-7-19(30-3)24(28)20(8-13)31-4;/h7-10,16,21-23,26,28H,5-6,11-12H2,1-4H3;1H/t16-,21+,22-,23+;/m0./s1. The number of hydrogen-bond acceptors (Lipinski definition) is 9. The maximum atomic E-state index is 13.1. The van der Waals surface area contributed by atoms with Gasteiger partial charge in [-0.3, -0.25) is 4.79 Å². The summed E-state index contributed by atoms with van der Waals surface area (Å²) < 4.78 is 27.8. The van der Waals surface area contributed by atoms with E-state index in [0.29, 0.717) is 18.1 Å². The molecule has 0 unspecified atom stereocenters. The van der Waals surface area contributed by atoms with Crippen LogP contribution in [-0.2, 0) is 9.53 Å². The second-order valence-corrected chi connectivity index (χ2v) is 9.14. The van der Waals surface area contributed by atoms with Crippen LogP contribution in [0.2, 0.25) is 0 Å². The number of nitrogens with zero attached hydrogens (tertiary/aromatic N) is 1. The molecule has 1 saturated heterocycles. The first kappa shape index (κ1) is 25.2. The lowest BCUT2D eigenvalue weighted by Gasteiger charge is -2.40. The van der Waals surface area contributed by atoms with Crippen LogP contribution in [-0.4, -0.2) is 70.8 Å². The number of esters is 1. The van der Waals surface area contributed by atoms with E-state index in [0.717, 1.165) is 29.8 Å². The molecule has 35 heavy (non-hydrogen) atoms. The largest absolute Gasteiger partial charge is 0.502 e. The Morgan fingerprint density at radius 2 is 1.66 bits per heavy atom. The second-order valence-electron chi connectivity index (χ2n) is 9.14. The van der Waals surface area contributed by atoms with Crippen molar-refractivity contribution in [2.45, 2.75) is 12.0 Å². The second kappa shape index (κ2) is 10.0. The monoisotopic (exact) mass is 506 g/mol. The maximum absolute atomic E-state index is 13.1. The van der Waals surface area contributed by atoms with Gasteiger partial charge in [0.05, 0.1) is 26.7 Å². The minimum Gasteiger partial charge on any atom is -0.502 e. The van der Waals surface area contributed by atoms with Gasteiger partial charge in [0.25, 0.3) is 0 Å². The summed E-state index contributed by atoms with van der Waals surface area (Å²) in [7, 11) is 7.04. The Kier molecular flexibility index (Phi) is 7.21.